The van der Waals surface area contributed by atoms with Gasteiger partial charge in [0.2, 0.25) is 0 Å². The zero-order valence-electron chi connectivity index (χ0n) is 8.75. The molecule has 18 heavy (non-hydrogen) atoms. The van der Waals surface area contributed by atoms with Crippen molar-refractivity contribution in [2.45, 2.75) is 12.1 Å². The molecule has 96 valence electrons. The van der Waals surface area contributed by atoms with E-state index in [1.165, 1.54) is 17.0 Å². The molecular weight excluding hydrogens is 274 g/mol. The van der Waals surface area contributed by atoms with E-state index in [0.29, 0.717) is 6.07 Å². The van der Waals surface area contributed by atoms with Gasteiger partial charge in [-0.25, -0.2) is 4.39 Å². The van der Waals surface area contributed by atoms with Crippen molar-refractivity contribution in [3.63, 3.8) is 0 Å². The first-order chi connectivity index (χ1) is 8.43. The second kappa shape index (κ2) is 4.56. The molecule has 0 saturated heterocycles. The molecule has 0 fully saturated rings. The van der Waals surface area contributed by atoms with E-state index < -0.39 is 17.6 Å². The maximum Gasteiger partial charge on any atom is 0.419 e. The second-order valence-electron chi connectivity index (χ2n) is 3.41. The van der Waals surface area contributed by atoms with Crippen LogP contribution in [0.3, 0.4) is 0 Å². The van der Waals surface area contributed by atoms with Crippen LogP contribution in [0.1, 0.15) is 11.4 Å². The molecule has 2 aromatic rings. The third-order valence-corrected chi connectivity index (χ3v) is 2.51. The van der Waals surface area contributed by atoms with Gasteiger partial charge in [-0.1, -0.05) is 0 Å². The van der Waals surface area contributed by atoms with Crippen molar-refractivity contribution in [3.8, 4) is 5.69 Å². The van der Waals surface area contributed by atoms with E-state index in [1.807, 2.05) is 0 Å². The summed E-state index contributed by atoms with van der Waals surface area (Å²) in [4.78, 5) is 0. The smallest absolute Gasteiger partial charge is 0.285 e. The summed E-state index contributed by atoms with van der Waals surface area (Å²) >= 11 is 5.56. The Labute approximate surface area is 104 Å². The number of halogens is 5. The van der Waals surface area contributed by atoms with Crippen LogP contribution in [-0.2, 0) is 12.1 Å². The Morgan fingerprint density at radius 3 is 2.61 bits per heavy atom. The van der Waals surface area contributed by atoms with Crippen LogP contribution in [0.5, 0.6) is 0 Å². The van der Waals surface area contributed by atoms with E-state index in [-0.39, 0.29) is 17.4 Å². The Hall–Kier alpha value is -1.63. The van der Waals surface area contributed by atoms with E-state index in [1.54, 1.807) is 0 Å². The molecule has 0 aliphatic carbocycles. The Morgan fingerprint density at radius 1 is 1.28 bits per heavy atom. The fourth-order valence-electron chi connectivity index (χ4n) is 1.45. The summed E-state index contributed by atoms with van der Waals surface area (Å²) in [7, 11) is 0. The van der Waals surface area contributed by atoms with Crippen LogP contribution < -0.4 is 0 Å². The average molecular weight is 280 g/mol. The SMILES string of the molecule is Fc1ccc(-n2cnnc2CCl)cc1C(F)(F)F. The number of rotatable bonds is 2. The molecule has 3 nitrogen and oxygen atoms in total. The molecule has 0 amide bonds. The molecule has 0 aliphatic heterocycles. The number of hydrogen-bond acceptors (Lipinski definition) is 2. The fraction of sp³-hybridized carbons (Fsp3) is 0.200. The summed E-state index contributed by atoms with van der Waals surface area (Å²) in [6.07, 6.45) is -3.54. The zero-order chi connectivity index (χ0) is 13.3. The van der Waals surface area contributed by atoms with Crippen molar-refractivity contribution < 1.29 is 17.6 Å². The number of hydrogen-bond donors (Lipinski definition) is 0. The maximum atomic E-state index is 13.1. The third-order valence-electron chi connectivity index (χ3n) is 2.27. The van der Waals surface area contributed by atoms with Crippen molar-refractivity contribution in [1.29, 1.82) is 0 Å². The van der Waals surface area contributed by atoms with Crippen LogP contribution in [0.2, 0.25) is 0 Å². The van der Waals surface area contributed by atoms with Gasteiger partial charge in [-0.05, 0) is 18.2 Å². The van der Waals surface area contributed by atoms with Gasteiger partial charge in [-0.2, -0.15) is 13.2 Å². The van der Waals surface area contributed by atoms with E-state index in [0.717, 1.165) is 6.07 Å². The van der Waals surface area contributed by atoms with Gasteiger partial charge in [0.25, 0.3) is 0 Å². The maximum absolute atomic E-state index is 13.1. The van der Waals surface area contributed by atoms with Crippen LogP contribution in [-0.4, -0.2) is 14.8 Å². The molecule has 1 heterocycles. The summed E-state index contributed by atoms with van der Waals surface area (Å²) in [5.41, 5.74) is -1.24. The van der Waals surface area contributed by atoms with Crippen LogP contribution in [0.15, 0.2) is 24.5 Å². The Balaban J connectivity index is 2.54. The molecular formula is C10H6ClF4N3. The van der Waals surface area contributed by atoms with Crippen LogP contribution >= 0.6 is 11.6 Å². The number of alkyl halides is 4. The predicted molar refractivity (Wildman–Crippen MR) is 55.9 cm³/mol. The highest BCUT2D eigenvalue weighted by molar-refractivity contribution is 6.16. The molecule has 2 rings (SSSR count). The average Bonchev–Trinajstić information content (AvgIpc) is 2.76. The summed E-state index contributed by atoms with van der Waals surface area (Å²) in [6, 6.07) is 2.63. The lowest BCUT2D eigenvalue weighted by Crippen LogP contribution is -2.09. The van der Waals surface area contributed by atoms with Gasteiger partial charge in [0, 0.05) is 5.69 Å². The molecule has 1 aromatic heterocycles. The quantitative estimate of drug-likeness (QED) is 0.624. The largest absolute Gasteiger partial charge is 0.419 e. The van der Waals surface area contributed by atoms with Crippen molar-refractivity contribution in [2.24, 2.45) is 0 Å². The predicted octanol–water partition coefficient (Wildman–Crippen LogP) is 3.16. The lowest BCUT2D eigenvalue weighted by atomic mass is 10.2. The van der Waals surface area contributed by atoms with Crippen molar-refractivity contribution in [2.75, 3.05) is 0 Å². The Bertz CT molecular complexity index is 564. The topological polar surface area (TPSA) is 30.7 Å². The highest BCUT2D eigenvalue weighted by Gasteiger charge is 2.34. The first-order valence-corrected chi connectivity index (χ1v) is 5.29. The van der Waals surface area contributed by atoms with E-state index in [4.69, 9.17) is 11.6 Å². The van der Waals surface area contributed by atoms with E-state index >= 15 is 0 Å². The third kappa shape index (κ3) is 2.31. The Morgan fingerprint density at radius 2 is 2.00 bits per heavy atom. The van der Waals surface area contributed by atoms with Gasteiger partial charge in [0.1, 0.15) is 12.1 Å². The lowest BCUT2D eigenvalue weighted by molar-refractivity contribution is -0.140. The summed E-state index contributed by atoms with van der Waals surface area (Å²) in [6.45, 7) is 0. The summed E-state index contributed by atoms with van der Waals surface area (Å²) in [5, 5.41) is 7.17. The standard InChI is InChI=1S/C10H6ClF4N3/c11-4-9-17-16-5-18(9)6-1-2-8(12)7(3-6)10(13,14)15/h1-3,5H,4H2. The van der Waals surface area contributed by atoms with Crippen LogP contribution in [0.4, 0.5) is 17.6 Å². The number of benzene rings is 1. The lowest BCUT2D eigenvalue weighted by Gasteiger charge is -2.11. The molecule has 0 aliphatic rings. The molecule has 0 bridgehead atoms. The Kier molecular flexibility index (Phi) is 3.25. The minimum absolute atomic E-state index is 0.0152. The highest BCUT2D eigenvalue weighted by atomic mass is 35.5. The van der Waals surface area contributed by atoms with Crippen molar-refractivity contribution >= 4 is 11.6 Å². The molecule has 1 aromatic carbocycles. The fourth-order valence-corrected chi connectivity index (χ4v) is 1.63. The summed E-state index contributed by atoms with van der Waals surface area (Å²) in [5.74, 6) is -1.07. The van der Waals surface area contributed by atoms with Gasteiger partial charge in [0.05, 0.1) is 11.4 Å². The van der Waals surface area contributed by atoms with E-state index in [2.05, 4.69) is 10.2 Å². The van der Waals surface area contributed by atoms with Crippen LogP contribution in [0, 0.1) is 5.82 Å². The van der Waals surface area contributed by atoms with Gasteiger partial charge in [-0.3, -0.25) is 4.57 Å². The summed E-state index contributed by atoms with van der Waals surface area (Å²) < 4.78 is 52.0. The molecule has 0 spiro atoms. The highest BCUT2D eigenvalue weighted by Crippen LogP contribution is 2.32. The number of aromatic nitrogens is 3. The minimum atomic E-state index is -4.75. The normalized spacial score (nSPS) is 11.8. The monoisotopic (exact) mass is 279 g/mol. The zero-order valence-corrected chi connectivity index (χ0v) is 9.50. The molecule has 0 radical (unpaired) electrons. The van der Waals surface area contributed by atoms with Gasteiger partial charge >= 0.3 is 6.18 Å². The molecule has 0 unspecified atom stereocenters. The van der Waals surface area contributed by atoms with Crippen molar-refractivity contribution in [3.05, 3.63) is 41.7 Å². The molecule has 0 atom stereocenters. The molecule has 0 N–H and O–H groups in total. The van der Waals surface area contributed by atoms with Crippen LogP contribution in [0.25, 0.3) is 5.69 Å². The van der Waals surface area contributed by atoms with E-state index in [9.17, 15) is 17.6 Å². The number of nitrogens with zero attached hydrogens (tertiary/aromatic N) is 3. The minimum Gasteiger partial charge on any atom is -0.285 e. The van der Waals surface area contributed by atoms with Gasteiger partial charge in [-0.15, -0.1) is 21.8 Å². The second-order valence-corrected chi connectivity index (χ2v) is 3.68. The van der Waals surface area contributed by atoms with Crippen molar-refractivity contribution in [1.82, 2.24) is 14.8 Å². The van der Waals surface area contributed by atoms with Gasteiger partial charge in [0.15, 0.2) is 5.82 Å². The first kappa shape index (κ1) is 12.8. The molecule has 8 heteroatoms. The molecule has 0 saturated carbocycles. The first-order valence-electron chi connectivity index (χ1n) is 4.75. The van der Waals surface area contributed by atoms with Gasteiger partial charge < -0.3 is 0 Å².